The first-order valence-electron chi connectivity index (χ1n) is 7.17. The number of aryl methyl sites for hydroxylation is 1. The number of benzene rings is 2. The molecular formula is C19H17NO2. The molecule has 0 amide bonds. The second kappa shape index (κ2) is 6.00. The van der Waals surface area contributed by atoms with E-state index < -0.39 is 0 Å². The van der Waals surface area contributed by atoms with E-state index in [-0.39, 0.29) is 12.2 Å². The maximum absolute atomic E-state index is 12.2. The van der Waals surface area contributed by atoms with Crippen molar-refractivity contribution in [2.24, 2.45) is 0 Å². The maximum Gasteiger partial charge on any atom is 0.255 e. The fourth-order valence-electron chi connectivity index (χ4n) is 2.49. The Balaban J connectivity index is 2.12. The van der Waals surface area contributed by atoms with Crippen LogP contribution in [0.4, 0.5) is 0 Å². The Hall–Kier alpha value is -2.65. The molecule has 1 aromatic heterocycles. The average molecular weight is 291 g/mol. The van der Waals surface area contributed by atoms with E-state index >= 15 is 0 Å². The average Bonchev–Trinajstić information content (AvgIpc) is 2.55. The molecule has 0 saturated carbocycles. The van der Waals surface area contributed by atoms with Crippen molar-refractivity contribution in [3.8, 4) is 16.8 Å². The Bertz CT molecular complexity index is 865. The van der Waals surface area contributed by atoms with E-state index in [1.165, 1.54) is 0 Å². The van der Waals surface area contributed by atoms with Gasteiger partial charge in [-0.1, -0.05) is 30.3 Å². The molecule has 110 valence electrons. The van der Waals surface area contributed by atoms with Crippen molar-refractivity contribution in [1.82, 2.24) is 4.57 Å². The summed E-state index contributed by atoms with van der Waals surface area (Å²) in [5.41, 5.74) is 4.67. The lowest BCUT2D eigenvalue weighted by Crippen LogP contribution is -2.16. The lowest BCUT2D eigenvalue weighted by Gasteiger charge is -2.10. The van der Waals surface area contributed by atoms with Crippen LogP contribution in [-0.2, 0) is 6.61 Å². The van der Waals surface area contributed by atoms with Crippen LogP contribution in [0, 0.1) is 6.92 Å². The van der Waals surface area contributed by atoms with Crippen molar-refractivity contribution >= 4 is 0 Å². The van der Waals surface area contributed by atoms with Gasteiger partial charge in [-0.2, -0.15) is 0 Å². The summed E-state index contributed by atoms with van der Waals surface area (Å²) in [6.07, 6.45) is 1.84. The van der Waals surface area contributed by atoms with Gasteiger partial charge in [0.15, 0.2) is 0 Å². The summed E-state index contributed by atoms with van der Waals surface area (Å²) in [5.74, 6) is 0. The molecule has 2 aromatic carbocycles. The third-order valence-electron chi connectivity index (χ3n) is 3.63. The molecule has 22 heavy (non-hydrogen) atoms. The van der Waals surface area contributed by atoms with E-state index in [1.807, 2.05) is 67.7 Å². The van der Waals surface area contributed by atoms with Gasteiger partial charge in [-0.25, -0.2) is 0 Å². The van der Waals surface area contributed by atoms with E-state index in [4.69, 9.17) is 0 Å². The van der Waals surface area contributed by atoms with Gasteiger partial charge in [0.1, 0.15) is 0 Å². The minimum Gasteiger partial charge on any atom is -0.392 e. The van der Waals surface area contributed by atoms with Gasteiger partial charge in [0, 0.05) is 18.0 Å². The molecule has 0 bridgehead atoms. The molecule has 3 rings (SSSR count). The van der Waals surface area contributed by atoms with Crippen LogP contribution < -0.4 is 5.56 Å². The Labute approximate surface area is 129 Å². The highest BCUT2D eigenvalue weighted by atomic mass is 16.3. The van der Waals surface area contributed by atoms with E-state index in [0.717, 1.165) is 27.9 Å². The molecule has 0 atom stereocenters. The minimum absolute atomic E-state index is 0.00532. The number of aliphatic hydroxyl groups excluding tert-OH is 1. The third kappa shape index (κ3) is 2.85. The molecule has 0 aliphatic rings. The molecule has 1 heterocycles. The Morgan fingerprint density at radius 3 is 2.55 bits per heavy atom. The van der Waals surface area contributed by atoms with Crippen LogP contribution in [0.5, 0.6) is 0 Å². The van der Waals surface area contributed by atoms with E-state index in [9.17, 15) is 9.90 Å². The first-order valence-corrected chi connectivity index (χ1v) is 7.17. The fraction of sp³-hybridized carbons (Fsp3) is 0.105. The molecule has 0 fully saturated rings. The number of hydrogen-bond acceptors (Lipinski definition) is 2. The Kier molecular flexibility index (Phi) is 3.90. The van der Waals surface area contributed by atoms with E-state index in [0.29, 0.717) is 0 Å². The highest BCUT2D eigenvalue weighted by Gasteiger charge is 2.04. The molecule has 0 saturated heterocycles. The van der Waals surface area contributed by atoms with Gasteiger partial charge in [0.05, 0.1) is 6.61 Å². The van der Waals surface area contributed by atoms with Crippen molar-refractivity contribution in [2.45, 2.75) is 13.5 Å². The first-order chi connectivity index (χ1) is 10.7. The molecule has 3 nitrogen and oxygen atoms in total. The van der Waals surface area contributed by atoms with Crippen molar-refractivity contribution in [1.29, 1.82) is 0 Å². The Morgan fingerprint density at radius 1 is 0.955 bits per heavy atom. The predicted octanol–water partition coefficient (Wildman–Crippen LogP) is 3.31. The quantitative estimate of drug-likeness (QED) is 0.804. The number of pyridine rings is 1. The minimum atomic E-state index is -0.0623. The van der Waals surface area contributed by atoms with Gasteiger partial charge < -0.3 is 5.11 Å². The summed E-state index contributed by atoms with van der Waals surface area (Å²) in [6, 6.07) is 18.9. The number of nitrogens with zero attached hydrogens (tertiary/aromatic N) is 1. The smallest absolute Gasteiger partial charge is 0.255 e. The molecule has 3 aromatic rings. The van der Waals surface area contributed by atoms with Crippen LogP contribution in [0.2, 0.25) is 0 Å². The summed E-state index contributed by atoms with van der Waals surface area (Å²) < 4.78 is 1.65. The van der Waals surface area contributed by atoms with Gasteiger partial charge in [-0.3, -0.25) is 9.36 Å². The first kappa shape index (κ1) is 14.3. The normalized spacial score (nSPS) is 10.6. The molecule has 0 aliphatic heterocycles. The molecular weight excluding hydrogens is 274 g/mol. The van der Waals surface area contributed by atoms with Gasteiger partial charge in [0.2, 0.25) is 0 Å². The summed E-state index contributed by atoms with van der Waals surface area (Å²) in [4.78, 5) is 12.2. The number of hydrogen-bond donors (Lipinski definition) is 1. The zero-order chi connectivity index (χ0) is 15.5. The molecule has 0 unspecified atom stereocenters. The van der Waals surface area contributed by atoms with Gasteiger partial charge >= 0.3 is 0 Å². The Morgan fingerprint density at radius 2 is 1.77 bits per heavy atom. The topological polar surface area (TPSA) is 42.2 Å². The number of aliphatic hydroxyl groups is 1. The highest BCUT2D eigenvalue weighted by molar-refractivity contribution is 5.63. The van der Waals surface area contributed by atoms with Gasteiger partial charge in [-0.15, -0.1) is 0 Å². The summed E-state index contributed by atoms with van der Waals surface area (Å²) in [6.45, 7) is 2.01. The number of rotatable bonds is 3. The van der Waals surface area contributed by atoms with Crippen molar-refractivity contribution in [3.63, 3.8) is 0 Å². The van der Waals surface area contributed by atoms with Crippen molar-refractivity contribution < 1.29 is 5.11 Å². The van der Waals surface area contributed by atoms with Crippen LogP contribution in [0.25, 0.3) is 16.8 Å². The molecule has 3 heteroatoms. The number of aromatic nitrogens is 1. The largest absolute Gasteiger partial charge is 0.392 e. The van der Waals surface area contributed by atoms with Gasteiger partial charge in [-0.05, 0) is 53.4 Å². The van der Waals surface area contributed by atoms with Crippen molar-refractivity contribution in [3.05, 3.63) is 88.3 Å². The van der Waals surface area contributed by atoms with Crippen LogP contribution in [0.3, 0.4) is 0 Å². The highest BCUT2D eigenvalue weighted by Crippen LogP contribution is 2.20. The summed E-state index contributed by atoms with van der Waals surface area (Å²) in [7, 11) is 0. The predicted molar refractivity (Wildman–Crippen MR) is 88.1 cm³/mol. The molecule has 0 spiro atoms. The maximum atomic E-state index is 12.2. The van der Waals surface area contributed by atoms with Crippen LogP contribution >= 0.6 is 0 Å². The molecule has 0 radical (unpaired) electrons. The fourth-order valence-corrected chi connectivity index (χ4v) is 2.49. The van der Waals surface area contributed by atoms with Crippen molar-refractivity contribution in [2.75, 3.05) is 0 Å². The van der Waals surface area contributed by atoms with Crippen LogP contribution in [0.1, 0.15) is 11.1 Å². The summed E-state index contributed by atoms with van der Waals surface area (Å²) in [5, 5.41) is 9.26. The SMILES string of the molecule is Cc1cccc(-n2cc(-c3cccc(CO)c3)ccc2=O)c1. The summed E-state index contributed by atoms with van der Waals surface area (Å²) >= 11 is 0. The zero-order valence-electron chi connectivity index (χ0n) is 12.4. The standard InChI is InChI=1S/C19H17NO2/c1-14-4-2-7-18(10-14)20-12-17(8-9-19(20)22)16-6-3-5-15(11-16)13-21/h2-12,21H,13H2,1H3. The molecule has 1 N–H and O–H groups in total. The van der Waals surface area contributed by atoms with E-state index in [1.54, 1.807) is 10.6 Å². The van der Waals surface area contributed by atoms with E-state index in [2.05, 4.69) is 0 Å². The monoisotopic (exact) mass is 291 g/mol. The van der Waals surface area contributed by atoms with Crippen LogP contribution in [-0.4, -0.2) is 9.67 Å². The lowest BCUT2D eigenvalue weighted by atomic mass is 10.0. The van der Waals surface area contributed by atoms with Crippen LogP contribution in [0.15, 0.2) is 71.7 Å². The zero-order valence-corrected chi connectivity index (χ0v) is 12.4. The third-order valence-corrected chi connectivity index (χ3v) is 3.63. The second-order valence-corrected chi connectivity index (χ2v) is 5.32. The second-order valence-electron chi connectivity index (χ2n) is 5.32. The van der Waals surface area contributed by atoms with Gasteiger partial charge in [0.25, 0.3) is 5.56 Å². The lowest BCUT2D eigenvalue weighted by molar-refractivity contribution is 0.282. The molecule has 0 aliphatic carbocycles.